The van der Waals surface area contributed by atoms with Gasteiger partial charge in [0.2, 0.25) is 5.91 Å². The van der Waals surface area contributed by atoms with Crippen LogP contribution in [0, 0.1) is 11.3 Å². The number of nitrogens with two attached hydrogens (primary N) is 1. The van der Waals surface area contributed by atoms with Crippen LogP contribution in [0.3, 0.4) is 0 Å². The number of thiophene rings is 1. The summed E-state index contributed by atoms with van der Waals surface area (Å²) in [4.78, 5) is 17.7. The van der Waals surface area contributed by atoms with Crippen molar-refractivity contribution in [3.63, 3.8) is 0 Å². The van der Waals surface area contributed by atoms with Gasteiger partial charge < -0.3 is 10.5 Å². The summed E-state index contributed by atoms with van der Waals surface area (Å²) >= 11 is 1.46. The molecule has 0 saturated heterocycles. The number of hydrogen-bond donors (Lipinski definition) is 1. The van der Waals surface area contributed by atoms with Gasteiger partial charge in [-0.15, -0.1) is 11.3 Å². The molecular weight excluding hydrogens is 384 g/mol. The van der Waals surface area contributed by atoms with E-state index in [-0.39, 0.29) is 12.5 Å². The first kappa shape index (κ1) is 18.7. The fourth-order valence-corrected chi connectivity index (χ4v) is 4.35. The van der Waals surface area contributed by atoms with E-state index >= 15 is 0 Å². The van der Waals surface area contributed by atoms with E-state index in [2.05, 4.69) is 11.1 Å². The number of nitrogens with zero attached hydrogens (tertiary/aromatic N) is 3. The maximum Gasteiger partial charge on any atom is 0.222 e. The fraction of sp³-hybridized carbons (Fsp3) is 0.136. The Morgan fingerprint density at radius 1 is 1.31 bits per heavy atom. The van der Waals surface area contributed by atoms with Crippen molar-refractivity contribution in [2.24, 2.45) is 5.73 Å². The van der Waals surface area contributed by atoms with E-state index in [9.17, 15) is 10.1 Å². The molecule has 144 valence electrons. The zero-order chi connectivity index (χ0) is 20.4. The minimum Gasteiger partial charge on any atom is -0.485 e. The number of imidazole rings is 1. The second-order valence-corrected chi connectivity index (χ2v) is 7.71. The highest BCUT2D eigenvalue weighted by Crippen LogP contribution is 2.39. The molecule has 7 heteroatoms. The van der Waals surface area contributed by atoms with Crippen LogP contribution in [0.15, 0.2) is 60.9 Å². The van der Waals surface area contributed by atoms with Crippen LogP contribution in [0.2, 0.25) is 0 Å². The van der Waals surface area contributed by atoms with Gasteiger partial charge in [-0.2, -0.15) is 5.26 Å². The highest BCUT2D eigenvalue weighted by atomic mass is 32.1. The number of benzene rings is 1. The standard InChI is InChI=1S/C22H18N4O2S/c1-14(16-7-3-2-6-15(16)12-23)28-18-10-19(29-20(18)11-21(24)27)17-13-25-22-8-4-5-9-26(17)22/h2-10,13-14H,11H2,1H3,(H2,24,27)/t14-/m1/s1. The summed E-state index contributed by atoms with van der Waals surface area (Å²) in [5.74, 6) is 0.168. The average molecular weight is 402 g/mol. The van der Waals surface area contributed by atoms with Crippen LogP contribution in [0.4, 0.5) is 0 Å². The molecule has 1 aromatic carbocycles. The van der Waals surface area contributed by atoms with Gasteiger partial charge in [0.05, 0.1) is 39.7 Å². The molecule has 2 N–H and O–H groups in total. The van der Waals surface area contributed by atoms with Crippen molar-refractivity contribution in [1.82, 2.24) is 9.38 Å². The van der Waals surface area contributed by atoms with Gasteiger partial charge in [0.1, 0.15) is 17.5 Å². The van der Waals surface area contributed by atoms with Crippen molar-refractivity contribution in [3.8, 4) is 22.4 Å². The van der Waals surface area contributed by atoms with Crippen LogP contribution in [0.5, 0.6) is 5.75 Å². The second kappa shape index (κ2) is 7.78. The second-order valence-electron chi connectivity index (χ2n) is 6.57. The first-order valence-electron chi connectivity index (χ1n) is 9.06. The molecule has 0 radical (unpaired) electrons. The Bertz CT molecular complexity index is 1240. The molecule has 3 aromatic heterocycles. The van der Waals surface area contributed by atoms with Crippen molar-refractivity contribution in [1.29, 1.82) is 5.26 Å². The summed E-state index contributed by atoms with van der Waals surface area (Å²) in [5.41, 5.74) is 8.56. The van der Waals surface area contributed by atoms with E-state index < -0.39 is 5.91 Å². The highest BCUT2D eigenvalue weighted by molar-refractivity contribution is 7.15. The molecule has 1 atom stereocenters. The van der Waals surface area contributed by atoms with Gasteiger partial charge >= 0.3 is 0 Å². The highest BCUT2D eigenvalue weighted by Gasteiger charge is 2.19. The molecule has 6 nitrogen and oxygen atoms in total. The molecule has 4 aromatic rings. The van der Waals surface area contributed by atoms with Crippen LogP contribution in [-0.2, 0) is 11.2 Å². The lowest BCUT2D eigenvalue weighted by molar-refractivity contribution is -0.117. The van der Waals surface area contributed by atoms with E-state index in [1.54, 1.807) is 12.3 Å². The predicted molar refractivity (Wildman–Crippen MR) is 112 cm³/mol. The predicted octanol–water partition coefficient (Wildman–Crippen LogP) is 4.10. The quantitative estimate of drug-likeness (QED) is 0.525. The Labute approximate surface area is 171 Å². The Hall–Kier alpha value is -3.63. The zero-order valence-corrected chi connectivity index (χ0v) is 16.5. The van der Waals surface area contributed by atoms with Gasteiger partial charge in [-0.05, 0) is 25.1 Å². The van der Waals surface area contributed by atoms with Gasteiger partial charge in [0.25, 0.3) is 0 Å². The van der Waals surface area contributed by atoms with Gasteiger partial charge in [0, 0.05) is 17.8 Å². The number of pyridine rings is 1. The average Bonchev–Trinajstić information content (AvgIpc) is 3.31. The number of aromatic nitrogens is 2. The van der Waals surface area contributed by atoms with Crippen molar-refractivity contribution in [3.05, 3.63) is 76.9 Å². The molecular formula is C22H18N4O2S. The minimum absolute atomic E-state index is 0.0867. The van der Waals surface area contributed by atoms with E-state index in [1.807, 2.05) is 60.0 Å². The summed E-state index contributed by atoms with van der Waals surface area (Å²) in [6.07, 6.45) is 3.47. The molecule has 0 saturated carbocycles. The normalized spacial score (nSPS) is 11.9. The number of hydrogen-bond acceptors (Lipinski definition) is 5. The zero-order valence-electron chi connectivity index (χ0n) is 15.7. The first-order chi connectivity index (χ1) is 14.1. The molecule has 0 aliphatic heterocycles. The topological polar surface area (TPSA) is 93.4 Å². The number of nitriles is 1. The first-order valence-corrected chi connectivity index (χ1v) is 9.87. The number of amides is 1. The summed E-state index contributed by atoms with van der Waals surface area (Å²) < 4.78 is 8.17. The number of rotatable bonds is 6. The number of carbonyl (C=O) groups excluding carboxylic acids is 1. The largest absolute Gasteiger partial charge is 0.485 e. The van der Waals surface area contributed by atoms with Gasteiger partial charge in [-0.3, -0.25) is 9.20 Å². The van der Waals surface area contributed by atoms with Crippen molar-refractivity contribution >= 4 is 22.9 Å². The molecule has 0 fully saturated rings. The van der Waals surface area contributed by atoms with Crippen LogP contribution in [-0.4, -0.2) is 15.3 Å². The number of ether oxygens (including phenoxy) is 1. The summed E-state index contributed by atoms with van der Waals surface area (Å²) in [7, 11) is 0. The van der Waals surface area contributed by atoms with Crippen LogP contribution in [0.25, 0.3) is 16.2 Å². The Kier molecular flexibility index (Phi) is 5.02. The van der Waals surface area contributed by atoms with E-state index in [4.69, 9.17) is 10.5 Å². The molecule has 0 aliphatic carbocycles. The Balaban J connectivity index is 1.73. The SMILES string of the molecule is C[C@@H](Oc1cc(-c2cnc3ccccn23)sc1CC(N)=O)c1ccccc1C#N. The van der Waals surface area contributed by atoms with Gasteiger partial charge in [-0.25, -0.2) is 4.98 Å². The molecule has 0 spiro atoms. The summed E-state index contributed by atoms with van der Waals surface area (Å²) in [5, 5.41) is 9.36. The third-order valence-electron chi connectivity index (χ3n) is 4.60. The lowest BCUT2D eigenvalue weighted by atomic mass is 10.0. The van der Waals surface area contributed by atoms with Gasteiger partial charge in [-0.1, -0.05) is 24.3 Å². The maximum atomic E-state index is 11.6. The van der Waals surface area contributed by atoms with Crippen LogP contribution < -0.4 is 10.5 Å². The minimum atomic E-state index is -0.425. The fourth-order valence-electron chi connectivity index (χ4n) is 3.24. The van der Waals surface area contributed by atoms with E-state index in [1.165, 1.54) is 11.3 Å². The Morgan fingerprint density at radius 3 is 2.90 bits per heavy atom. The van der Waals surface area contributed by atoms with Crippen molar-refractivity contribution < 1.29 is 9.53 Å². The van der Waals surface area contributed by atoms with Crippen LogP contribution >= 0.6 is 11.3 Å². The third-order valence-corrected chi connectivity index (χ3v) is 5.74. The van der Waals surface area contributed by atoms with Crippen molar-refractivity contribution in [2.75, 3.05) is 0 Å². The Morgan fingerprint density at radius 2 is 2.10 bits per heavy atom. The molecule has 29 heavy (non-hydrogen) atoms. The number of fused-ring (bicyclic) bond motifs is 1. The molecule has 4 rings (SSSR count). The van der Waals surface area contributed by atoms with E-state index in [0.717, 1.165) is 26.7 Å². The number of primary amides is 1. The van der Waals surface area contributed by atoms with Gasteiger partial charge in [0.15, 0.2) is 0 Å². The van der Waals surface area contributed by atoms with Crippen LogP contribution in [0.1, 0.15) is 29.0 Å². The molecule has 0 unspecified atom stereocenters. The lowest BCUT2D eigenvalue weighted by Crippen LogP contribution is -2.14. The van der Waals surface area contributed by atoms with E-state index in [0.29, 0.717) is 11.3 Å². The van der Waals surface area contributed by atoms with Crippen molar-refractivity contribution in [2.45, 2.75) is 19.4 Å². The molecule has 1 amide bonds. The molecule has 3 heterocycles. The molecule has 0 bridgehead atoms. The summed E-state index contributed by atoms with van der Waals surface area (Å²) in [6.45, 7) is 1.88. The summed E-state index contributed by atoms with van der Waals surface area (Å²) in [6, 6.07) is 17.2. The smallest absolute Gasteiger partial charge is 0.222 e. The number of carbonyl (C=O) groups is 1. The monoisotopic (exact) mass is 402 g/mol. The lowest BCUT2D eigenvalue weighted by Gasteiger charge is -2.16. The maximum absolute atomic E-state index is 11.6. The third kappa shape index (κ3) is 3.71. The molecule has 0 aliphatic rings.